The second kappa shape index (κ2) is 4.39. The van der Waals surface area contributed by atoms with Crippen LogP contribution >= 0.6 is 0 Å². The molecule has 1 N–H and O–H groups in total. The average molecular weight is 221 g/mol. The van der Waals surface area contributed by atoms with Crippen LogP contribution in [0, 0.1) is 22.7 Å². The number of Topliss-reactive ketones (excluding diaryl/α,β-unsaturated/α-hetero) is 1. The maximum Gasteiger partial charge on any atom is 0.135 e. The van der Waals surface area contributed by atoms with Gasteiger partial charge in [0.15, 0.2) is 0 Å². The largest absolute Gasteiger partial charge is 0.389 e. The molecule has 0 saturated heterocycles. The van der Waals surface area contributed by atoms with Gasteiger partial charge >= 0.3 is 0 Å². The second-order valence-electron chi connectivity index (χ2n) is 4.99. The minimum Gasteiger partial charge on any atom is -0.389 e. The van der Waals surface area contributed by atoms with Crippen molar-refractivity contribution in [1.29, 1.82) is 5.26 Å². The maximum absolute atomic E-state index is 11.5. The van der Waals surface area contributed by atoms with Crippen LogP contribution in [0.2, 0.25) is 0 Å². The second-order valence-corrected chi connectivity index (χ2v) is 4.99. The summed E-state index contributed by atoms with van der Waals surface area (Å²) < 4.78 is 0. The van der Waals surface area contributed by atoms with Crippen molar-refractivity contribution in [2.45, 2.75) is 45.6 Å². The smallest absolute Gasteiger partial charge is 0.135 e. The number of carbonyl (C=O) groups is 1. The normalized spacial score (nSPS) is 39.6. The molecule has 0 aromatic carbocycles. The third kappa shape index (κ3) is 2.33. The molecule has 1 saturated carbocycles. The Hall–Kier alpha value is -1.14. The van der Waals surface area contributed by atoms with Crippen LogP contribution in [0.25, 0.3) is 0 Å². The lowest BCUT2D eigenvalue weighted by molar-refractivity contribution is -0.135. The zero-order chi connectivity index (χ0) is 12.4. The predicted molar refractivity (Wildman–Crippen MR) is 61.5 cm³/mol. The highest BCUT2D eigenvalue weighted by Crippen LogP contribution is 2.45. The molecule has 3 unspecified atom stereocenters. The Morgan fingerprint density at radius 3 is 2.62 bits per heavy atom. The third-order valence-electron chi connectivity index (χ3n) is 3.60. The molecule has 0 aromatic rings. The van der Waals surface area contributed by atoms with Crippen LogP contribution < -0.4 is 0 Å². The Bertz CT molecular complexity index is 351. The van der Waals surface area contributed by atoms with Gasteiger partial charge in [-0.3, -0.25) is 4.79 Å². The number of hydrogen-bond acceptors (Lipinski definition) is 3. The number of rotatable bonds is 2. The number of carbonyl (C=O) groups excluding carboxylic acids is 1. The summed E-state index contributed by atoms with van der Waals surface area (Å²) in [6.45, 7) is 5.05. The fourth-order valence-electron chi connectivity index (χ4n) is 2.53. The highest BCUT2D eigenvalue weighted by atomic mass is 16.3. The van der Waals surface area contributed by atoms with E-state index in [9.17, 15) is 15.2 Å². The Morgan fingerprint density at radius 2 is 2.19 bits per heavy atom. The molecule has 0 heterocycles. The van der Waals surface area contributed by atoms with Crippen molar-refractivity contribution in [2.24, 2.45) is 11.3 Å². The van der Waals surface area contributed by atoms with Crippen LogP contribution in [0.5, 0.6) is 0 Å². The molecule has 1 fully saturated rings. The fraction of sp³-hybridized carbons (Fsp3) is 0.692. The fourth-order valence-corrected chi connectivity index (χ4v) is 2.53. The lowest BCUT2D eigenvalue weighted by Gasteiger charge is -2.42. The van der Waals surface area contributed by atoms with E-state index in [1.54, 1.807) is 6.92 Å². The summed E-state index contributed by atoms with van der Waals surface area (Å²) in [4.78, 5) is 11.5. The molecule has 0 bridgehead atoms. The molecule has 3 heteroatoms. The van der Waals surface area contributed by atoms with E-state index in [-0.39, 0.29) is 5.78 Å². The average Bonchev–Trinajstić information content (AvgIpc) is 2.21. The first-order valence-electron chi connectivity index (χ1n) is 5.65. The van der Waals surface area contributed by atoms with Crippen LogP contribution in [0.15, 0.2) is 12.2 Å². The van der Waals surface area contributed by atoms with E-state index in [1.807, 2.05) is 19.1 Å². The van der Waals surface area contributed by atoms with Crippen molar-refractivity contribution >= 4 is 5.78 Å². The lowest BCUT2D eigenvalue weighted by atomic mass is 9.63. The Labute approximate surface area is 96.8 Å². The van der Waals surface area contributed by atoms with Crippen LogP contribution in [-0.2, 0) is 4.79 Å². The van der Waals surface area contributed by atoms with Crippen molar-refractivity contribution in [1.82, 2.24) is 0 Å². The first-order chi connectivity index (χ1) is 7.37. The predicted octanol–water partition coefficient (Wildman–Crippen LogP) is 2.21. The zero-order valence-corrected chi connectivity index (χ0v) is 10.2. The molecule has 0 amide bonds. The number of aliphatic hydroxyl groups is 1. The van der Waals surface area contributed by atoms with Gasteiger partial charge in [-0.05, 0) is 40.0 Å². The lowest BCUT2D eigenvalue weighted by Crippen LogP contribution is -2.46. The molecule has 0 aromatic heterocycles. The van der Waals surface area contributed by atoms with Gasteiger partial charge in [-0.25, -0.2) is 0 Å². The monoisotopic (exact) mass is 221 g/mol. The van der Waals surface area contributed by atoms with Crippen LogP contribution in [0.4, 0.5) is 0 Å². The highest BCUT2D eigenvalue weighted by Gasteiger charge is 2.46. The molecule has 1 aliphatic carbocycles. The van der Waals surface area contributed by atoms with Gasteiger partial charge in [-0.1, -0.05) is 12.2 Å². The Morgan fingerprint density at radius 1 is 1.56 bits per heavy atom. The Balaban J connectivity index is 3.01. The SMILES string of the molecule is C/C=C/C1(C#N)CCC(C)(O)C(C(C)=O)C1. The molecule has 1 aliphatic rings. The van der Waals surface area contributed by atoms with Crippen molar-refractivity contribution < 1.29 is 9.90 Å². The van der Waals surface area contributed by atoms with Crippen molar-refractivity contribution in [3.63, 3.8) is 0 Å². The zero-order valence-electron chi connectivity index (χ0n) is 10.2. The van der Waals surface area contributed by atoms with Gasteiger partial charge < -0.3 is 5.11 Å². The standard InChI is InChI=1S/C13H19NO2/c1-4-5-13(9-14)7-6-12(3,16)11(8-13)10(2)15/h4-5,11,16H,6-8H2,1-3H3/b5-4+. The Kier molecular flexibility index (Phi) is 3.54. The first-order valence-corrected chi connectivity index (χ1v) is 5.65. The van der Waals surface area contributed by atoms with Gasteiger partial charge in [0.2, 0.25) is 0 Å². The molecule has 0 aliphatic heterocycles. The van der Waals surface area contributed by atoms with Crippen molar-refractivity contribution in [3.8, 4) is 6.07 Å². The summed E-state index contributed by atoms with van der Waals surface area (Å²) in [5.41, 5.74) is -1.54. The molecule has 16 heavy (non-hydrogen) atoms. The van der Waals surface area contributed by atoms with Crippen molar-refractivity contribution in [3.05, 3.63) is 12.2 Å². The number of allylic oxidation sites excluding steroid dienone is 2. The molecular weight excluding hydrogens is 202 g/mol. The summed E-state index contributed by atoms with van der Waals surface area (Å²) in [5.74, 6) is -0.467. The van der Waals surface area contributed by atoms with Crippen LogP contribution in [-0.4, -0.2) is 16.5 Å². The van der Waals surface area contributed by atoms with E-state index in [4.69, 9.17) is 0 Å². The summed E-state index contributed by atoms with van der Waals surface area (Å²) >= 11 is 0. The maximum atomic E-state index is 11.5. The van der Waals surface area contributed by atoms with Gasteiger partial charge in [0.25, 0.3) is 0 Å². The van der Waals surface area contributed by atoms with Gasteiger partial charge in [0, 0.05) is 5.92 Å². The van der Waals surface area contributed by atoms with Gasteiger partial charge in [0.1, 0.15) is 5.78 Å². The molecule has 3 nitrogen and oxygen atoms in total. The molecule has 88 valence electrons. The van der Waals surface area contributed by atoms with E-state index in [1.165, 1.54) is 6.92 Å². The highest BCUT2D eigenvalue weighted by molar-refractivity contribution is 5.79. The number of ketones is 1. The minimum atomic E-state index is -0.965. The topological polar surface area (TPSA) is 61.1 Å². The van der Waals surface area contributed by atoms with Gasteiger partial charge in [-0.2, -0.15) is 5.26 Å². The van der Waals surface area contributed by atoms with E-state index in [2.05, 4.69) is 6.07 Å². The number of hydrogen-bond donors (Lipinski definition) is 1. The number of nitriles is 1. The quantitative estimate of drug-likeness (QED) is 0.727. The van der Waals surface area contributed by atoms with Crippen LogP contribution in [0.3, 0.4) is 0 Å². The van der Waals surface area contributed by atoms with E-state index < -0.39 is 16.9 Å². The molecule has 3 atom stereocenters. The van der Waals surface area contributed by atoms with Crippen molar-refractivity contribution in [2.75, 3.05) is 0 Å². The molecular formula is C13H19NO2. The molecule has 1 rings (SSSR count). The third-order valence-corrected chi connectivity index (χ3v) is 3.60. The van der Waals surface area contributed by atoms with Gasteiger partial charge in [0.05, 0.1) is 17.1 Å². The van der Waals surface area contributed by atoms with E-state index in [0.717, 1.165) is 0 Å². The molecule has 0 spiro atoms. The summed E-state index contributed by atoms with van der Waals surface area (Å²) in [6.07, 6.45) is 5.24. The summed E-state index contributed by atoms with van der Waals surface area (Å²) in [6, 6.07) is 2.29. The summed E-state index contributed by atoms with van der Waals surface area (Å²) in [7, 11) is 0. The first kappa shape index (κ1) is 12.9. The van der Waals surface area contributed by atoms with Crippen LogP contribution in [0.1, 0.15) is 40.0 Å². The summed E-state index contributed by atoms with van der Waals surface area (Å²) in [5, 5.41) is 19.4. The van der Waals surface area contributed by atoms with E-state index in [0.29, 0.717) is 19.3 Å². The van der Waals surface area contributed by atoms with E-state index >= 15 is 0 Å². The minimum absolute atomic E-state index is 0.0335. The molecule has 0 radical (unpaired) electrons. The number of nitrogens with zero attached hydrogens (tertiary/aromatic N) is 1. The van der Waals surface area contributed by atoms with Gasteiger partial charge in [-0.15, -0.1) is 0 Å².